The number of aromatic nitrogens is 2. The van der Waals surface area contributed by atoms with E-state index >= 15 is 0 Å². The summed E-state index contributed by atoms with van der Waals surface area (Å²) in [5, 5.41) is 8.58. The molecule has 208 valence electrons. The molecule has 1 atom stereocenters. The fraction of sp³-hybridized carbons (Fsp3) is 0.222. The predicted octanol–water partition coefficient (Wildman–Crippen LogP) is 6.51. The highest BCUT2D eigenvalue weighted by Crippen LogP contribution is 2.39. The number of nitrogens with one attached hydrogen (secondary N) is 1. The minimum absolute atomic E-state index is 0.0631. The van der Waals surface area contributed by atoms with Gasteiger partial charge in [0.1, 0.15) is 5.56 Å². The zero-order valence-electron chi connectivity index (χ0n) is 20.7. The summed E-state index contributed by atoms with van der Waals surface area (Å²) in [7, 11) is 1.37. The van der Waals surface area contributed by atoms with Gasteiger partial charge in [0, 0.05) is 30.6 Å². The number of hydrogen-bond acceptors (Lipinski definition) is 5. The highest BCUT2D eigenvalue weighted by molar-refractivity contribution is 7.14. The first-order chi connectivity index (χ1) is 18.8. The molecule has 0 saturated heterocycles. The van der Waals surface area contributed by atoms with Crippen molar-refractivity contribution >= 4 is 28.2 Å². The zero-order chi connectivity index (χ0) is 28.8. The molecular weight excluding hydrogens is 558 g/mol. The molecule has 2 aromatic heterocycles. The topological polar surface area (TPSA) is 67.2 Å². The van der Waals surface area contributed by atoms with Crippen LogP contribution in [0.2, 0.25) is 0 Å². The minimum Gasteiger partial charge on any atom is -0.372 e. The van der Waals surface area contributed by atoms with E-state index in [1.54, 1.807) is 12.1 Å². The molecule has 13 heteroatoms. The Morgan fingerprint density at radius 1 is 0.900 bits per heavy atom. The highest BCUT2D eigenvalue weighted by atomic mass is 32.1. The van der Waals surface area contributed by atoms with Crippen molar-refractivity contribution < 1.29 is 35.9 Å². The van der Waals surface area contributed by atoms with Gasteiger partial charge < -0.3 is 5.32 Å². The van der Waals surface area contributed by atoms with Crippen LogP contribution in [0.4, 0.5) is 31.3 Å². The molecule has 3 heterocycles. The summed E-state index contributed by atoms with van der Waals surface area (Å²) >= 11 is 1.04. The Kier molecular flexibility index (Phi) is 6.94. The standard InChI is InChI=1S/C27H20F6N4O2S/c1-36-23(21(12-34-36)27(31,32)33)16-11-22(40-14-16)35-17(10-15-6-2-5-9-20(15)26(28,29)30)13-37-24(38)18-7-3-4-8-19(18)25(37)39/h2-9,11-12,14,17,35H,10,13H2,1H3/t17-/m0/s1. The Morgan fingerprint density at radius 3 is 2.12 bits per heavy atom. The zero-order valence-corrected chi connectivity index (χ0v) is 21.5. The van der Waals surface area contributed by atoms with Crippen LogP contribution in [0.5, 0.6) is 0 Å². The van der Waals surface area contributed by atoms with Crippen LogP contribution >= 0.6 is 11.3 Å². The Labute approximate surface area is 227 Å². The van der Waals surface area contributed by atoms with E-state index in [-0.39, 0.29) is 40.9 Å². The van der Waals surface area contributed by atoms with Crippen molar-refractivity contribution in [3.63, 3.8) is 0 Å². The number of carbonyl (C=O) groups is 2. The van der Waals surface area contributed by atoms with Gasteiger partial charge in [0.05, 0.1) is 33.6 Å². The van der Waals surface area contributed by atoms with E-state index in [1.807, 2.05) is 0 Å². The summed E-state index contributed by atoms with van der Waals surface area (Å²) in [5.74, 6) is -1.15. The van der Waals surface area contributed by atoms with Gasteiger partial charge in [-0.1, -0.05) is 30.3 Å². The normalized spacial score (nSPS) is 14.5. The maximum Gasteiger partial charge on any atom is 0.420 e. The van der Waals surface area contributed by atoms with Crippen molar-refractivity contribution in [2.45, 2.75) is 24.8 Å². The maximum absolute atomic E-state index is 13.7. The summed E-state index contributed by atoms with van der Waals surface area (Å²) in [6.45, 7) is -0.273. The number of imide groups is 1. The molecule has 1 N–H and O–H groups in total. The van der Waals surface area contributed by atoms with Crippen LogP contribution in [-0.2, 0) is 25.8 Å². The van der Waals surface area contributed by atoms with Gasteiger partial charge in [0.2, 0.25) is 0 Å². The quantitative estimate of drug-likeness (QED) is 0.201. The molecule has 0 spiro atoms. The van der Waals surface area contributed by atoms with Gasteiger partial charge in [0.15, 0.2) is 0 Å². The largest absolute Gasteiger partial charge is 0.420 e. The van der Waals surface area contributed by atoms with Crippen molar-refractivity contribution in [2.24, 2.45) is 7.05 Å². The van der Waals surface area contributed by atoms with Gasteiger partial charge >= 0.3 is 12.4 Å². The van der Waals surface area contributed by atoms with Crippen molar-refractivity contribution in [1.82, 2.24) is 14.7 Å². The Bertz CT molecular complexity index is 1560. The Balaban J connectivity index is 1.47. The van der Waals surface area contributed by atoms with E-state index in [4.69, 9.17) is 0 Å². The molecule has 0 aliphatic carbocycles. The second-order valence-corrected chi connectivity index (χ2v) is 10.1. The van der Waals surface area contributed by atoms with E-state index in [2.05, 4.69) is 10.4 Å². The van der Waals surface area contributed by atoms with Gasteiger partial charge in [0.25, 0.3) is 11.8 Å². The van der Waals surface area contributed by atoms with Gasteiger partial charge in [-0.05, 0) is 36.2 Å². The molecule has 1 aliphatic rings. The van der Waals surface area contributed by atoms with Crippen LogP contribution < -0.4 is 5.32 Å². The van der Waals surface area contributed by atoms with Gasteiger partial charge in [-0.15, -0.1) is 11.3 Å². The number of anilines is 1. The number of rotatable bonds is 7. The number of alkyl halides is 6. The molecule has 1 aliphatic heterocycles. The number of thiophene rings is 1. The number of benzene rings is 2. The molecule has 0 fully saturated rings. The summed E-state index contributed by atoms with van der Waals surface area (Å²) in [6.07, 6.45) is -8.79. The maximum atomic E-state index is 13.7. The molecule has 0 bridgehead atoms. The number of hydrogen-bond donors (Lipinski definition) is 1. The van der Waals surface area contributed by atoms with E-state index in [0.29, 0.717) is 5.00 Å². The molecule has 0 saturated carbocycles. The smallest absolute Gasteiger partial charge is 0.372 e. The summed E-state index contributed by atoms with van der Waals surface area (Å²) in [4.78, 5) is 26.9. The summed E-state index contributed by atoms with van der Waals surface area (Å²) in [6, 6.07) is 11.7. The summed E-state index contributed by atoms with van der Waals surface area (Å²) in [5.41, 5.74) is -1.44. The van der Waals surface area contributed by atoms with Crippen LogP contribution in [0.15, 0.2) is 66.2 Å². The van der Waals surface area contributed by atoms with Crippen LogP contribution in [0.1, 0.15) is 37.4 Å². The lowest BCUT2D eigenvalue weighted by molar-refractivity contribution is -0.138. The van der Waals surface area contributed by atoms with Crippen LogP contribution in [0, 0.1) is 0 Å². The SMILES string of the molecule is Cn1ncc(C(F)(F)F)c1-c1csc(N[C@@H](Cc2ccccc2C(F)(F)F)CN2C(=O)c3ccccc3C2=O)c1. The predicted molar refractivity (Wildman–Crippen MR) is 136 cm³/mol. The third-order valence-corrected chi connectivity index (χ3v) is 7.40. The summed E-state index contributed by atoms with van der Waals surface area (Å²) < 4.78 is 82.9. The number of carbonyl (C=O) groups excluding carboxylic acids is 2. The lowest BCUT2D eigenvalue weighted by Crippen LogP contribution is -2.41. The lowest BCUT2D eigenvalue weighted by atomic mass is 9.99. The first-order valence-corrected chi connectivity index (χ1v) is 12.8. The average molecular weight is 579 g/mol. The Morgan fingerprint density at radius 2 is 1.50 bits per heavy atom. The number of halogens is 6. The van der Waals surface area contributed by atoms with Crippen molar-refractivity contribution in [1.29, 1.82) is 0 Å². The first-order valence-electron chi connectivity index (χ1n) is 11.9. The molecular formula is C27H20F6N4O2S. The van der Waals surface area contributed by atoms with Gasteiger partial charge in [-0.2, -0.15) is 31.4 Å². The van der Waals surface area contributed by atoms with Crippen molar-refractivity contribution in [3.8, 4) is 11.3 Å². The van der Waals surface area contributed by atoms with E-state index in [0.717, 1.165) is 33.2 Å². The molecule has 0 radical (unpaired) electrons. The van der Waals surface area contributed by atoms with Gasteiger partial charge in [-0.25, -0.2) is 0 Å². The number of fused-ring (bicyclic) bond motifs is 1. The van der Waals surface area contributed by atoms with Gasteiger partial charge in [-0.3, -0.25) is 19.2 Å². The minimum atomic E-state index is -4.64. The van der Waals surface area contributed by atoms with Crippen molar-refractivity contribution in [2.75, 3.05) is 11.9 Å². The van der Waals surface area contributed by atoms with E-state index in [1.165, 1.54) is 48.8 Å². The highest BCUT2D eigenvalue weighted by Gasteiger charge is 2.39. The first kappa shape index (κ1) is 27.4. The number of amides is 2. The van der Waals surface area contributed by atoms with Crippen molar-refractivity contribution in [3.05, 3.63) is 94.0 Å². The monoisotopic (exact) mass is 578 g/mol. The second kappa shape index (κ2) is 10.1. The molecule has 40 heavy (non-hydrogen) atoms. The third kappa shape index (κ3) is 5.20. The average Bonchev–Trinajstić information content (AvgIpc) is 3.57. The van der Waals surface area contributed by atoms with Crippen LogP contribution in [0.3, 0.4) is 0 Å². The lowest BCUT2D eigenvalue weighted by Gasteiger charge is -2.25. The molecule has 6 nitrogen and oxygen atoms in total. The Hall–Kier alpha value is -4.13. The van der Waals surface area contributed by atoms with E-state index in [9.17, 15) is 35.9 Å². The third-order valence-electron chi connectivity index (χ3n) is 6.53. The molecule has 0 unspecified atom stereocenters. The molecule has 5 rings (SSSR count). The number of aryl methyl sites for hydroxylation is 1. The van der Waals surface area contributed by atoms with Crippen LogP contribution in [0.25, 0.3) is 11.3 Å². The van der Waals surface area contributed by atoms with Crippen LogP contribution in [-0.4, -0.2) is 39.1 Å². The fourth-order valence-corrected chi connectivity index (χ4v) is 5.61. The molecule has 4 aromatic rings. The number of nitrogens with zero attached hydrogens (tertiary/aromatic N) is 3. The molecule has 2 aromatic carbocycles. The fourth-order valence-electron chi connectivity index (χ4n) is 4.75. The molecule has 2 amide bonds. The van der Waals surface area contributed by atoms with E-state index < -0.39 is 41.3 Å². The second-order valence-electron chi connectivity index (χ2n) is 9.19.